The van der Waals surface area contributed by atoms with Crippen molar-refractivity contribution in [2.45, 2.75) is 88.5 Å². The Morgan fingerprint density at radius 1 is 1.16 bits per heavy atom. The smallest absolute Gasteiger partial charge is 0.232 e. The SMILES string of the molecule is COc1ccccc1[C@@H]1CCN(C(=O)[C@@H]2C[NH2+]C[C@]23CCCc2nc(C)sc23)[C@H](C2CCCCC2)C1.[Cl-]. The molecule has 1 spiro atoms. The van der Waals surface area contributed by atoms with Crippen LogP contribution in [0.1, 0.15) is 84.8 Å². The van der Waals surface area contributed by atoms with Crippen molar-refractivity contribution in [1.29, 1.82) is 0 Å². The van der Waals surface area contributed by atoms with Crippen LogP contribution in [-0.2, 0) is 16.6 Å². The number of ether oxygens (including phenoxy) is 1. The van der Waals surface area contributed by atoms with Gasteiger partial charge in [0.2, 0.25) is 5.91 Å². The zero-order valence-corrected chi connectivity index (χ0v) is 24.0. The molecule has 4 atom stereocenters. The summed E-state index contributed by atoms with van der Waals surface area (Å²) in [5.41, 5.74) is 2.61. The molecule has 1 aromatic carbocycles. The van der Waals surface area contributed by atoms with Gasteiger partial charge in [0.05, 0.1) is 36.3 Å². The number of thiazole rings is 1. The Bertz CT molecular complexity index is 1100. The number of halogens is 1. The third kappa shape index (κ3) is 4.83. The van der Waals surface area contributed by atoms with E-state index in [0.717, 1.165) is 62.5 Å². The van der Waals surface area contributed by atoms with Gasteiger partial charge < -0.3 is 27.4 Å². The number of hydrogen-bond acceptors (Lipinski definition) is 4. The van der Waals surface area contributed by atoms with Crippen molar-refractivity contribution in [2.75, 3.05) is 26.7 Å². The van der Waals surface area contributed by atoms with Crippen LogP contribution in [-0.4, -0.2) is 48.6 Å². The number of hydrogen-bond donors (Lipinski definition) is 1. The van der Waals surface area contributed by atoms with Crippen LogP contribution in [0.4, 0.5) is 0 Å². The lowest BCUT2D eigenvalue weighted by atomic mass is 9.68. The Kier molecular flexibility index (Phi) is 8.18. The molecule has 2 saturated heterocycles. The molecule has 1 aromatic heterocycles. The number of para-hydroxylation sites is 1. The fraction of sp³-hybridized carbons (Fsp3) is 0.667. The Hall–Kier alpha value is -1.63. The first-order valence-electron chi connectivity index (χ1n) is 14.3. The van der Waals surface area contributed by atoms with Gasteiger partial charge in [-0.05, 0) is 75.3 Å². The third-order valence-corrected chi connectivity index (χ3v) is 11.1. The summed E-state index contributed by atoms with van der Waals surface area (Å²) in [7, 11) is 1.78. The van der Waals surface area contributed by atoms with Crippen molar-refractivity contribution in [3.8, 4) is 5.75 Å². The summed E-state index contributed by atoms with van der Waals surface area (Å²) in [6.45, 7) is 4.99. The molecule has 2 aliphatic carbocycles. The van der Waals surface area contributed by atoms with Crippen LogP contribution in [0.15, 0.2) is 24.3 Å². The monoisotopic (exact) mass is 543 g/mol. The molecule has 3 fully saturated rings. The van der Waals surface area contributed by atoms with Gasteiger partial charge in [-0.3, -0.25) is 4.79 Å². The molecule has 1 saturated carbocycles. The molecule has 3 heterocycles. The number of rotatable bonds is 4. The predicted octanol–water partition coefficient (Wildman–Crippen LogP) is 1.59. The molecule has 2 aromatic rings. The highest BCUT2D eigenvalue weighted by Crippen LogP contribution is 2.48. The molecule has 0 unspecified atom stereocenters. The van der Waals surface area contributed by atoms with Gasteiger partial charge in [0, 0.05) is 17.5 Å². The van der Waals surface area contributed by atoms with E-state index in [0.29, 0.717) is 23.8 Å². The van der Waals surface area contributed by atoms with Crippen LogP contribution in [0.5, 0.6) is 5.75 Å². The Morgan fingerprint density at radius 2 is 1.97 bits per heavy atom. The largest absolute Gasteiger partial charge is 1.00 e. The van der Waals surface area contributed by atoms with Crippen molar-refractivity contribution in [2.24, 2.45) is 11.8 Å². The molecular formula is C30H42ClN3O2S. The number of amides is 1. The first kappa shape index (κ1) is 27.0. The second kappa shape index (κ2) is 11.2. The Labute approximate surface area is 232 Å². The van der Waals surface area contributed by atoms with Crippen LogP contribution in [0, 0.1) is 18.8 Å². The van der Waals surface area contributed by atoms with Gasteiger partial charge >= 0.3 is 0 Å². The van der Waals surface area contributed by atoms with E-state index >= 15 is 0 Å². The molecule has 5 nitrogen and oxygen atoms in total. The van der Waals surface area contributed by atoms with Crippen LogP contribution >= 0.6 is 11.3 Å². The number of aryl methyl sites for hydroxylation is 2. The van der Waals surface area contributed by atoms with Gasteiger partial charge in [-0.1, -0.05) is 37.5 Å². The lowest BCUT2D eigenvalue weighted by molar-refractivity contribution is -0.640. The number of nitrogens with zero attached hydrogens (tertiary/aromatic N) is 2. The lowest BCUT2D eigenvalue weighted by Gasteiger charge is -2.47. The van der Waals surface area contributed by atoms with Crippen LogP contribution < -0.4 is 22.5 Å². The van der Waals surface area contributed by atoms with Crippen molar-refractivity contribution in [1.82, 2.24) is 9.88 Å². The molecular weight excluding hydrogens is 502 g/mol. The van der Waals surface area contributed by atoms with E-state index in [1.807, 2.05) is 11.3 Å². The zero-order valence-electron chi connectivity index (χ0n) is 22.4. The number of methoxy groups -OCH3 is 1. The van der Waals surface area contributed by atoms with E-state index < -0.39 is 0 Å². The summed E-state index contributed by atoms with van der Waals surface area (Å²) in [6, 6.07) is 8.90. The number of quaternary nitrogens is 1. The number of piperidine rings is 1. The summed E-state index contributed by atoms with van der Waals surface area (Å²) >= 11 is 1.87. The second-order valence-electron chi connectivity index (χ2n) is 11.8. The van der Waals surface area contributed by atoms with Crippen molar-refractivity contribution < 1.29 is 27.3 Å². The standard InChI is InChI=1S/C30H41N3O2S.ClH/c1-20-32-25-12-8-15-30(28(25)36-20)19-31-18-24(30)29(34)33-16-14-22(23-11-6-7-13-27(23)35-2)17-26(33)21-9-4-3-5-10-21;/h6-7,11,13,21-22,24,26,31H,3-5,8-10,12,14-19H2,1-2H3;1H/t22-,24+,26+,30-;/m1./s1. The molecule has 37 heavy (non-hydrogen) atoms. The number of carbonyl (C=O) groups is 1. The lowest BCUT2D eigenvalue weighted by Crippen LogP contribution is -3.00. The molecule has 6 rings (SSSR count). The van der Waals surface area contributed by atoms with Gasteiger partial charge in [-0.25, -0.2) is 4.98 Å². The highest BCUT2D eigenvalue weighted by atomic mass is 35.5. The molecule has 202 valence electrons. The van der Waals surface area contributed by atoms with Crippen LogP contribution in [0.25, 0.3) is 0 Å². The fourth-order valence-electron chi connectivity index (χ4n) is 8.18. The summed E-state index contributed by atoms with van der Waals surface area (Å²) in [5, 5.41) is 3.58. The predicted molar refractivity (Wildman–Crippen MR) is 144 cm³/mol. The minimum Gasteiger partial charge on any atom is -1.00 e. The fourth-order valence-corrected chi connectivity index (χ4v) is 9.42. The van der Waals surface area contributed by atoms with Crippen molar-refractivity contribution >= 4 is 17.2 Å². The van der Waals surface area contributed by atoms with E-state index in [1.165, 1.54) is 48.2 Å². The van der Waals surface area contributed by atoms with E-state index in [4.69, 9.17) is 9.72 Å². The van der Waals surface area contributed by atoms with Gasteiger partial charge in [0.25, 0.3) is 0 Å². The normalized spacial score (nSPS) is 30.1. The van der Waals surface area contributed by atoms with Gasteiger partial charge in [-0.15, -0.1) is 11.3 Å². The third-order valence-electron chi connectivity index (χ3n) is 9.87. The van der Waals surface area contributed by atoms with Gasteiger partial charge in [0.1, 0.15) is 11.7 Å². The molecule has 0 bridgehead atoms. The van der Waals surface area contributed by atoms with E-state index in [1.54, 1.807) is 7.11 Å². The summed E-state index contributed by atoms with van der Waals surface area (Å²) in [5.74, 6) is 2.63. The van der Waals surface area contributed by atoms with Gasteiger partial charge in [-0.2, -0.15) is 0 Å². The Balaban J connectivity index is 0.00000280. The maximum Gasteiger partial charge on any atom is 0.232 e. The van der Waals surface area contributed by atoms with E-state index in [9.17, 15) is 4.79 Å². The molecule has 1 amide bonds. The van der Waals surface area contributed by atoms with Crippen LogP contribution in [0.3, 0.4) is 0 Å². The summed E-state index contributed by atoms with van der Waals surface area (Å²) in [6.07, 6.45) is 12.0. The average molecular weight is 544 g/mol. The first-order chi connectivity index (χ1) is 17.6. The summed E-state index contributed by atoms with van der Waals surface area (Å²) in [4.78, 5) is 23.3. The quantitative estimate of drug-likeness (QED) is 0.637. The van der Waals surface area contributed by atoms with E-state index in [2.05, 4.69) is 41.4 Å². The second-order valence-corrected chi connectivity index (χ2v) is 13.0. The molecule has 2 N–H and O–H groups in total. The minimum atomic E-state index is -0.00674. The number of likely N-dealkylation sites (tertiary alicyclic amines) is 1. The first-order valence-corrected chi connectivity index (χ1v) is 15.1. The van der Waals surface area contributed by atoms with Crippen molar-refractivity contribution in [3.63, 3.8) is 0 Å². The van der Waals surface area contributed by atoms with Crippen LogP contribution in [0.2, 0.25) is 0 Å². The number of fused-ring (bicyclic) bond motifs is 2. The summed E-state index contributed by atoms with van der Waals surface area (Å²) < 4.78 is 5.76. The topological polar surface area (TPSA) is 59.0 Å². The highest BCUT2D eigenvalue weighted by Gasteiger charge is 2.56. The maximum atomic E-state index is 14.6. The molecule has 2 aliphatic heterocycles. The van der Waals surface area contributed by atoms with E-state index in [-0.39, 0.29) is 23.7 Å². The average Bonchev–Trinajstić information content (AvgIpc) is 3.52. The van der Waals surface area contributed by atoms with Crippen molar-refractivity contribution in [3.05, 3.63) is 45.4 Å². The maximum absolute atomic E-state index is 14.6. The Morgan fingerprint density at radius 3 is 2.78 bits per heavy atom. The minimum absolute atomic E-state index is 0. The molecule has 4 aliphatic rings. The number of nitrogens with two attached hydrogens (primary N) is 1. The highest BCUT2D eigenvalue weighted by molar-refractivity contribution is 7.11. The molecule has 0 radical (unpaired) electrons. The number of aromatic nitrogens is 1. The zero-order chi connectivity index (χ0) is 24.7. The number of benzene rings is 1. The number of carbonyl (C=O) groups excluding carboxylic acids is 1. The molecule has 7 heteroatoms. The van der Waals surface area contributed by atoms with Gasteiger partial charge in [0.15, 0.2) is 0 Å².